The van der Waals surface area contributed by atoms with Crippen molar-refractivity contribution in [2.75, 3.05) is 7.05 Å². The Kier molecular flexibility index (Phi) is 3.33. The number of nitrogens with zero attached hydrogens (tertiary/aromatic N) is 2. The molecule has 0 bridgehead atoms. The van der Waals surface area contributed by atoms with Crippen molar-refractivity contribution in [3.63, 3.8) is 0 Å². The van der Waals surface area contributed by atoms with E-state index in [4.69, 9.17) is 16.9 Å². The second-order valence-corrected chi connectivity index (χ2v) is 3.90. The maximum Gasteiger partial charge on any atom is 0.220 e. The van der Waals surface area contributed by atoms with Crippen molar-refractivity contribution in [3.8, 4) is 0 Å². The highest BCUT2D eigenvalue weighted by Crippen LogP contribution is 2.31. The largest absolute Gasteiger partial charge is 0.370 e. The van der Waals surface area contributed by atoms with Crippen LogP contribution >= 0.6 is 0 Å². The average molecular weight is 197 g/mol. The zero-order chi connectivity index (χ0) is 10.7. The number of rotatable bonds is 2. The fraction of sp³-hybridized carbons (Fsp3) is 0.778. The second kappa shape index (κ2) is 4.30. The van der Waals surface area contributed by atoms with E-state index in [1.54, 1.807) is 0 Å². The maximum absolute atomic E-state index is 7.63. The lowest BCUT2D eigenvalue weighted by Crippen LogP contribution is -2.42. The molecule has 0 aliphatic heterocycles. The quantitative estimate of drug-likeness (QED) is 0.439. The first-order chi connectivity index (χ1) is 6.52. The third-order valence-electron chi connectivity index (χ3n) is 3.01. The van der Waals surface area contributed by atoms with Gasteiger partial charge in [-0.05, 0) is 25.7 Å². The molecule has 5 heteroatoms. The van der Waals surface area contributed by atoms with Crippen molar-refractivity contribution in [1.82, 2.24) is 4.90 Å². The summed E-state index contributed by atoms with van der Waals surface area (Å²) in [5.41, 5.74) is 10.4. The Morgan fingerprint density at radius 2 is 2.07 bits per heavy atom. The molecule has 14 heavy (non-hydrogen) atoms. The molecule has 1 unspecified atom stereocenters. The van der Waals surface area contributed by atoms with Crippen LogP contribution in [0.15, 0.2) is 4.99 Å². The molecule has 0 saturated heterocycles. The Morgan fingerprint density at radius 1 is 1.50 bits per heavy atom. The summed E-state index contributed by atoms with van der Waals surface area (Å²) in [7, 11) is 1.86. The summed E-state index contributed by atoms with van der Waals surface area (Å²) in [6.45, 7) is 2.11. The van der Waals surface area contributed by atoms with Gasteiger partial charge in [0.2, 0.25) is 5.96 Å². The highest BCUT2D eigenvalue weighted by atomic mass is 15.3. The van der Waals surface area contributed by atoms with Crippen molar-refractivity contribution >= 4 is 11.9 Å². The number of nitrogens with one attached hydrogen (secondary N) is 1. The number of guanidine groups is 2. The SMILES string of the molecule is CC(C1CCC1)N(C)C(=N)N=C(N)N. The summed E-state index contributed by atoms with van der Waals surface area (Å²) in [5, 5.41) is 7.63. The first-order valence-electron chi connectivity index (χ1n) is 4.93. The fourth-order valence-electron chi connectivity index (χ4n) is 1.63. The summed E-state index contributed by atoms with van der Waals surface area (Å²) in [4.78, 5) is 5.54. The number of hydrogen-bond acceptors (Lipinski definition) is 1. The smallest absolute Gasteiger partial charge is 0.220 e. The molecule has 1 fully saturated rings. The maximum atomic E-state index is 7.63. The van der Waals surface area contributed by atoms with Gasteiger partial charge in [0, 0.05) is 13.1 Å². The van der Waals surface area contributed by atoms with E-state index in [1.807, 2.05) is 11.9 Å². The number of nitrogens with two attached hydrogens (primary N) is 2. The lowest BCUT2D eigenvalue weighted by atomic mass is 9.80. The third kappa shape index (κ3) is 2.37. The fourth-order valence-corrected chi connectivity index (χ4v) is 1.63. The molecular formula is C9H19N5. The molecule has 1 aliphatic rings. The molecule has 1 rings (SSSR count). The summed E-state index contributed by atoms with van der Waals surface area (Å²) in [6.07, 6.45) is 3.81. The molecule has 0 spiro atoms. The van der Waals surface area contributed by atoms with Crippen LogP contribution in [0.1, 0.15) is 26.2 Å². The highest BCUT2D eigenvalue weighted by molar-refractivity contribution is 5.91. The molecule has 1 atom stereocenters. The number of aliphatic imine (C=N–C) groups is 1. The van der Waals surface area contributed by atoms with E-state index in [0.29, 0.717) is 12.0 Å². The van der Waals surface area contributed by atoms with E-state index in [0.717, 1.165) is 0 Å². The van der Waals surface area contributed by atoms with Gasteiger partial charge >= 0.3 is 0 Å². The summed E-state index contributed by atoms with van der Waals surface area (Å²) in [6, 6.07) is 0.347. The minimum Gasteiger partial charge on any atom is -0.370 e. The van der Waals surface area contributed by atoms with Crippen LogP contribution in [0.25, 0.3) is 0 Å². The van der Waals surface area contributed by atoms with Gasteiger partial charge in [-0.25, -0.2) is 0 Å². The van der Waals surface area contributed by atoms with Crippen LogP contribution in [0.5, 0.6) is 0 Å². The van der Waals surface area contributed by atoms with Crippen LogP contribution in [0.3, 0.4) is 0 Å². The lowest BCUT2D eigenvalue weighted by molar-refractivity contribution is 0.184. The molecule has 0 aromatic rings. The Bertz CT molecular complexity index is 240. The first-order valence-corrected chi connectivity index (χ1v) is 4.93. The van der Waals surface area contributed by atoms with Crippen LogP contribution in [0.4, 0.5) is 0 Å². The molecule has 0 aromatic carbocycles. The summed E-state index contributed by atoms with van der Waals surface area (Å²) >= 11 is 0. The van der Waals surface area contributed by atoms with Gasteiger partial charge in [0.15, 0.2) is 5.96 Å². The van der Waals surface area contributed by atoms with Crippen molar-refractivity contribution < 1.29 is 0 Å². The van der Waals surface area contributed by atoms with Crippen molar-refractivity contribution in [2.24, 2.45) is 22.4 Å². The van der Waals surface area contributed by atoms with E-state index in [2.05, 4.69) is 11.9 Å². The molecule has 1 saturated carbocycles. The van der Waals surface area contributed by atoms with Crippen LogP contribution in [0, 0.1) is 11.3 Å². The van der Waals surface area contributed by atoms with Crippen LogP contribution in [-0.2, 0) is 0 Å². The van der Waals surface area contributed by atoms with Gasteiger partial charge in [0.1, 0.15) is 0 Å². The molecule has 0 heterocycles. The average Bonchev–Trinajstić information content (AvgIpc) is 1.98. The predicted molar refractivity (Wildman–Crippen MR) is 58.1 cm³/mol. The van der Waals surface area contributed by atoms with E-state index in [-0.39, 0.29) is 11.9 Å². The Hall–Kier alpha value is -1.26. The van der Waals surface area contributed by atoms with Gasteiger partial charge in [-0.1, -0.05) is 6.42 Å². The standard InChI is InChI=1S/C9H19N5/c1-6(7-4-3-5-7)14(2)9(12)13-8(10)11/h6-7H,3-5H2,1-2H3,(H5,10,11,12,13). The minimum atomic E-state index is -0.0531. The minimum absolute atomic E-state index is 0.0531. The van der Waals surface area contributed by atoms with Gasteiger partial charge in [-0.2, -0.15) is 4.99 Å². The normalized spacial score (nSPS) is 18.1. The molecule has 80 valence electrons. The van der Waals surface area contributed by atoms with Gasteiger partial charge < -0.3 is 16.4 Å². The van der Waals surface area contributed by atoms with Crippen molar-refractivity contribution in [1.29, 1.82) is 5.41 Å². The number of hydrogen-bond donors (Lipinski definition) is 3. The van der Waals surface area contributed by atoms with Gasteiger partial charge in [0.25, 0.3) is 0 Å². The second-order valence-electron chi connectivity index (χ2n) is 3.90. The summed E-state index contributed by atoms with van der Waals surface area (Å²) in [5.74, 6) is 0.779. The van der Waals surface area contributed by atoms with Gasteiger partial charge in [-0.15, -0.1) is 0 Å². The van der Waals surface area contributed by atoms with E-state index >= 15 is 0 Å². The first kappa shape index (κ1) is 10.8. The predicted octanol–water partition coefficient (Wildman–Crippen LogP) is 0.315. The molecule has 5 nitrogen and oxygen atoms in total. The van der Waals surface area contributed by atoms with E-state index in [1.165, 1.54) is 19.3 Å². The highest BCUT2D eigenvalue weighted by Gasteiger charge is 2.27. The Balaban J connectivity index is 2.50. The molecule has 0 aromatic heterocycles. The monoisotopic (exact) mass is 197 g/mol. The molecule has 0 amide bonds. The van der Waals surface area contributed by atoms with Crippen LogP contribution < -0.4 is 11.5 Å². The van der Waals surface area contributed by atoms with Gasteiger partial charge in [-0.3, -0.25) is 5.41 Å². The van der Waals surface area contributed by atoms with E-state index in [9.17, 15) is 0 Å². The van der Waals surface area contributed by atoms with Crippen molar-refractivity contribution in [2.45, 2.75) is 32.2 Å². The molecule has 5 N–H and O–H groups in total. The topological polar surface area (TPSA) is 91.5 Å². The Labute approximate surface area is 84.7 Å². The van der Waals surface area contributed by atoms with Crippen LogP contribution in [-0.4, -0.2) is 29.9 Å². The lowest BCUT2D eigenvalue weighted by Gasteiger charge is -2.37. The zero-order valence-electron chi connectivity index (χ0n) is 8.83. The molecule has 0 radical (unpaired) electrons. The molecular weight excluding hydrogens is 178 g/mol. The molecule has 1 aliphatic carbocycles. The zero-order valence-corrected chi connectivity index (χ0v) is 8.83. The van der Waals surface area contributed by atoms with Gasteiger partial charge in [0.05, 0.1) is 0 Å². The van der Waals surface area contributed by atoms with Crippen molar-refractivity contribution in [3.05, 3.63) is 0 Å². The van der Waals surface area contributed by atoms with E-state index < -0.39 is 0 Å². The summed E-state index contributed by atoms with van der Waals surface area (Å²) < 4.78 is 0. The third-order valence-corrected chi connectivity index (χ3v) is 3.01. The van der Waals surface area contributed by atoms with Crippen LogP contribution in [0.2, 0.25) is 0 Å². The Morgan fingerprint density at radius 3 is 2.43 bits per heavy atom.